The second-order valence-corrected chi connectivity index (χ2v) is 8.02. The molecule has 0 aliphatic carbocycles. The summed E-state index contributed by atoms with van der Waals surface area (Å²) in [6, 6.07) is 5.55. The fourth-order valence-corrected chi connectivity index (χ4v) is 3.79. The Morgan fingerprint density at radius 1 is 1.26 bits per heavy atom. The minimum Gasteiger partial charge on any atom is -0.497 e. The summed E-state index contributed by atoms with van der Waals surface area (Å²) in [5.74, 6) is -0.925. The third kappa shape index (κ3) is 5.47. The maximum atomic E-state index is 11.5. The summed E-state index contributed by atoms with van der Waals surface area (Å²) in [5.41, 5.74) is 7.76. The van der Waals surface area contributed by atoms with Gasteiger partial charge >= 0.3 is 5.97 Å². The maximum absolute atomic E-state index is 11.5. The molecule has 12 nitrogen and oxygen atoms in total. The zero-order valence-electron chi connectivity index (χ0n) is 19.0. The van der Waals surface area contributed by atoms with Gasteiger partial charge in [0.15, 0.2) is 12.3 Å². The van der Waals surface area contributed by atoms with Gasteiger partial charge in [0.05, 0.1) is 13.3 Å². The molecule has 1 aromatic carbocycles. The molecule has 2 aromatic rings. The van der Waals surface area contributed by atoms with Crippen molar-refractivity contribution in [2.75, 3.05) is 13.7 Å². The molecule has 1 fully saturated rings. The van der Waals surface area contributed by atoms with Crippen molar-refractivity contribution in [1.29, 1.82) is 0 Å². The van der Waals surface area contributed by atoms with Crippen LogP contribution in [-0.2, 0) is 9.53 Å². The summed E-state index contributed by atoms with van der Waals surface area (Å²) < 4.78 is 10.7. The monoisotopic (exact) mass is 477 g/mol. The number of hydrogen-bond acceptors (Lipinski definition) is 8. The van der Waals surface area contributed by atoms with Crippen LogP contribution in [0.25, 0.3) is 10.9 Å². The molecule has 2 heterocycles. The molecule has 0 bridgehead atoms. The van der Waals surface area contributed by atoms with E-state index in [1.54, 1.807) is 13.3 Å². The van der Waals surface area contributed by atoms with Crippen LogP contribution in [0.1, 0.15) is 31.7 Å². The van der Waals surface area contributed by atoms with Crippen LogP contribution < -0.4 is 10.5 Å². The van der Waals surface area contributed by atoms with Crippen LogP contribution in [0, 0.1) is 0 Å². The first-order chi connectivity index (χ1) is 16.3. The topological polar surface area (TPSA) is 186 Å². The van der Waals surface area contributed by atoms with Crippen molar-refractivity contribution < 1.29 is 34.7 Å². The Balaban J connectivity index is 1.85. The zero-order chi connectivity index (χ0) is 24.8. The molecule has 0 radical (unpaired) electrons. The minimum absolute atomic E-state index is 0.137. The number of aliphatic hydroxyl groups excluding tert-OH is 3. The van der Waals surface area contributed by atoms with Crippen LogP contribution >= 0.6 is 0 Å². The highest BCUT2D eigenvalue weighted by Gasteiger charge is 2.49. The lowest BCUT2D eigenvalue weighted by atomic mass is 9.97. The molecule has 0 unspecified atom stereocenters. The van der Waals surface area contributed by atoms with Gasteiger partial charge < -0.3 is 45.5 Å². The van der Waals surface area contributed by atoms with E-state index in [0.29, 0.717) is 12.2 Å². The highest BCUT2D eigenvalue weighted by Crippen LogP contribution is 2.25. The van der Waals surface area contributed by atoms with Gasteiger partial charge in [-0.2, -0.15) is 5.10 Å². The number of aromatic amines is 1. The number of carboxylic acid groups (broad SMARTS) is 1. The maximum Gasteiger partial charge on any atom is 0.335 e. The molecule has 34 heavy (non-hydrogen) atoms. The number of guanidine groups is 1. The van der Waals surface area contributed by atoms with E-state index in [4.69, 9.17) is 15.2 Å². The van der Waals surface area contributed by atoms with Gasteiger partial charge in [0.25, 0.3) is 0 Å². The molecule has 7 N–H and O–H groups in total. The Morgan fingerprint density at radius 2 is 2.03 bits per heavy atom. The van der Waals surface area contributed by atoms with E-state index in [-0.39, 0.29) is 12.5 Å². The molecule has 1 saturated heterocycles. The van der Waals surface area contributed by atoms with Crippen LogP contribution in [0.3, 0.4) is 0 Å². The van der Waals surface area contributed by atoms with Gasteiger partial charge in [-0.1, -0.05) is 19.8 Å². The molecule has 12 heteroatoms. The highest BCUT2D eigenvalue weighted by atomic mass is 16.6. The van der Waals surface area contributed by atoms with Crippen molar-refractivity contribution in [2.24, 2.45) is 15.9 Å². The predicted molar refractivity (Wildman–Crippen MR) is 125 cm³/mol. The van der Waals surface area contributed by atoms with E-state index in [1.165, 1.54) is 11.1 Å². The molecule has 186 valence electrons. The number of rotatable bonds is 9. The Kier molecular flexibility index (Phi) is 8.45. The lowest BCUT2D eigenvalue weighted by Crippen LogP contribution is -2.65. The Labute approximate surface area is 196 Å². The van der Waals surface area contributed by atoms with Crippen molar-refractivity contribution in [2.45, 2.75) is 56.8 Å². The number of nitrogens with zero attached hydrogens (tertiary/aromatic N) is 3. The van der Waals surface area contributed by atoms with Gasteiger partial charge in [-0.25, -0.2) is 4.79 Å². The van der Waals surface area contributed by atoms with Gasteiger partial charge in [-0.05, 0) is 24.6 Å². The Hall–Kier alpha value is -3.19. The van der Waals surface area contributed by atoms with Gasteiger partial charge in [0.1, 0.15) is 24.1 Å². The molecule has 5 atom stereocenters. The Bertz CT molecular complexity index is 1040. The van der Waals surface area contributed by atoms with Crippen LogP contribution in [0.15, 0.2) is 34.6 Å². The standard InChI is InChI=1S/C22H31N5O7/c1-3-4-5-8-27(20-18(30)16(28)17(29)19(34-20)21(31)32)22(23)26-25-11-12-10-24-15-7-6-13(33-2)9-14(12)15/h6-7,9-11,16-20,24,28-30H,3-5,8H2,1-2H3,(H2,23,26)(H,31,32)/b25-11+/t16-,17-,18+,19-,20+/m0/s1. The second kappa shape index (κ2) is 11.3. The number of fused-ring (bicyclic) bond motifs is 1. The first-order valence-corrected chi connectivity index (χ1v) is 11.0. The van der Waals surface area contributed by atoms with Crippen molar-refractivity contribution in [3.63, 3.8) is 0 Å². The number of hydrogen-bond donors (Lipinski definition) is 6. The SMILES string of the molecule is CCCCCN(/C(N)=N/N=C/c1c[nH]c2ccc(OC)cc12)[C@@H]1O[C@H](C(=O)O)[C@@H](O)[C@H](O)[C@H]1O. The van der Waals surface area contributed by atoms with Crippen molar-refractivity contribution in [1.82, 2.24) is 9.88 Å². The molecular formula is C22H31N5O7. The van der Waals surface area contributed by atoms with Gasteiger partial charge in [0, 0.05) is 29.2 Å². The number of aromatic nitrogens is 1. The summed E-state index contributed by atoms with van der Waals surface area (Å²) in [6.07, 6.45) is -2.62. The van der Waals surface area contributed by atoms with E-state index in [9.17, 15) is 25.2 Å². The average molecular weight is 478 g/mol. The predicted octanol–water partition coefficient (Wildman–Crippen LogP) is 0.210. The number of unbranched alkanes of at least 4 members (excludes halogenated alkanes) is 2. The van der Waals surface area contributed by atoms with Crippen LogP contribution in [0.2, 0.25) is 0 Å². The minimum atomic E-state index is -1.80. The van der Waals surface area contributed by atoms with E-state index in [0.717, 1.165) is 29.3 Å². The number of nitrogens with one attached hydrogen (secondary N) is 1. The molecule has 1 aromatic heterocycles. The number of aliphatic hydroxyl groups is 3. The first kappa shape index (κ1) is 25.4. The van der Waals surface area contributed by atoms with Gasteiger partial charge in [-0.3, -0.25) is 0 Å². The largest absolute Gasteiger partial charge is 0.497 e. The number of aliphatic carboxylic acids is 1. The van der Waals surface area contributed by atoms with Crippen molar-refractivity contribution >= 4 is 29.0 Å². The average Bonchev–Trinajstić information content (AvgIpc) is 3.23. The first-order valence-electron chi connectivity index (χ1n) is 11.0. The fraction of sp³-hybridized carbons (Fsp3) is 0.500. The molecular weight excluding hydrogens is 446 g/mol. The third-order valence-corrected chi connectivity index (χ3v) is 5.71. The number of carboxylic acids is 1. The number of nitrogens with two attached hydrogens (primary N) is 1. The third-order valence-electron chi connectivity index (χ3n) is 5.71. The number of methoxy groups -OCH3 is 1. The van der Waals surface area contributed by atoms with Gasteiger partial charge in [-0.15, -0.1) is 5.10 Å². The van der Waals surface area contributed by atoms with E-state index in [2.05, 4.69) is 15.2 Å². The number of carbonyl (C=O) groups is 1. The molecule has 0 spiro atoms. The van der Waals surface area contributed by atoms with Crippen LogP contribution in [0.4, 0.5) is 0 Å². The van der Waals surface area contributed by atoms with Gasteiger partial charge in [0.2, 0.25) is 5.96 Å². The lowest BCUT2D eigenvalue weighted by Gasteiger charge is -2.43. The summed E-state index contributed by atoms with van der Waals surface area (Å²) in [4.78, 5) is 15.9. The molecule has 3 rings (SSSR count). The smallest absolute Gasteiger partial charge is 0.335 e. The van der Waals surface area contributed by atoms with Crippen LogP contribution in [-0.4, -0.2) is 92.8 Å². The normalized spacial score (nSPS) is 25.7. The highest BCUT2D eigenvalue weighted by molar-refractivity contribution is 5.99. The van der Waals surface area contributed by atoms with E-state index in [1.807, 2.05) is 25.1 Å². The molecule has 1 aliphatic heterocycles. The Morgan fingerprint density at radius 3 is 2.71 bits per heavy atom. The number of benzene rings is 1. The summed E-state index contributed by atoms with van der Waals surface area (Å²) in [5, 5.41) is 48.9. The molecule has 0 amide bonds. The van der Waals surface area contributed by atoms with E-state index >= 15 is 0 Å². The quantitative estimate of drug-likeness (QED) is 0.127. The van der Waals surface area contributed by atoms with E-state index < -0.39 is 36.6 Å². The summed E-state index contributed by atoms with van der Waals surface area (Å²) >= 11 is 0. The zero-order valence-corrected chi connectivity index (χ0v) is 19.0. The molecule has 1 aliphatic rings. The second-order valence-electron chi connectivity index (χ2n) is 8.02. The summed E-state index contributed by atoms with van der Waals surface area (Å²) in [7, 11) is 1.58. The lowest BCUT2D eigenvalue weighted by molar-refractivity contribution is -0.250. The van der Waals surface area contributed by atoms with Crippen molar-refractivity contribution in [3.8, 4) is 5.75 Å². The number of ether oxygens (including phenoxy) is 2. The number of H-pyrrole nitrogens is 1. The summed E-state index contributed by atoms with van der Waals surface area (Å²) in [6.45, 7) is 2.27. The fourth-order valence-electron chi connectivity index (χ4n) is 3.79. The van der Waals surface area contributed by atoms with Crippen molar-refractivity contribution in [3.05, 3.63) is 30.0 Å². The van der Waals surface area contributed by atoms with Crippen LogP contribution in [0.5, 0.6) is 5.75 Å². The molecule has 0 saturated carbocycles.